The monoisotopic (exact) mass is 390 g/mol. The predicted molar refractivity (Wildman–Crippen MR) is 114 cm³/mol. The molecular formula is C25H26O4. The van der Waals surface area contributed by atoms with Gasteiger partial charge in [0.1, 0.15) is 5.60 Å². The molecule has 0 amide bonds. The van der Waals surface area contributed by atoms with Crippen LogP contribution in [-0.4, -0.2) is 24.1 Å². The molecule has 0 N–H and O–H groups in total. The summed E-state index contributed by atoms with van der Waals surface area (Å²) in [5.74, 6) is -1.05. The fourth-order valence-corrected chi connectivity index (χ4v) is 3.85. The maximum Gasteiger partial charge on any atom is 0.339 e. The molecule has 2 aromatic rings. The zero-order valence-corrected chi connectivity index (χ0v) is 17.1. The number of carbonyl (C=O) groups is 2. The summed E-state index contributed by atoms with van der Waals surface area (Å²) >= 11 is 0. The van der Waals surface area contributed by atoms with Crippen molar-refractivity contribution in [1.82, 2.24) is 0 Å². The van der Waals surface area contributed by atoms with E-state index in [-0.39, 0.29) is 12.2 Å². The molecule has 3 rings (SSSR count). The minimum Gasteiger partial charge on any atom is -0.463 e. The number of rotatable bonds is 6. The Bertz CT molecular complexity index is 935. The Labute approximate surface area is 171 Å². The van der Waals surface area contributed by atoms with Gasteiger partial charge >= 0.3 is 11.9 Å². The largest absolute Gasteiger partial charge is 0.463 e. The van der Waals surface area contributed by atoms with Crippen LogP contribution in [-0.2, 0) is 19.1 Å². The van der Waals surface area contributed by atoms with E-state index in [1.165, 1.54) is 6.08 Å². The highest BCUT2D eigenvalue weighted by atomic mass is 16.6. The van der Waals surface area contributed by atoms with Gasteiger partial charge in [-0.25, -0.2) is 9.59 Å². The molecule has 4 heteroatoms. The zero-order chi connectivity index (χ0) is 20.9. The zero-order valence-electron chi connectivity index (χ0n) is 17.1. The second-order valence-corrected chi connectivity index (χ2v) is 6.88. The highest BCUT2D eigenvalue weighted by molar-refractivity contribution is 6.19. The summed E-state index contributed by atoms with van der Waals surface area (Å²) in [4.78, 5) is 25.3. The maximum absolute atomic E-state index is 13.1. The van der Waals surface area contributed by atoms with Gasteiger partial charge in [0, 0.05) is 17.2 Å². The third-order valence-corrected chi connectivity index (χ3v) is 5.30. The van der Waals surface area contributed by atoms with Crippen molar-refractivity contribution in [3.8, 4) is 0 Å². The van der Waals surface area contributed by atoms with Crippen molar-refractivity contribution < 1.29 is 19.1 Å². The molecule has 4 nitrogen and oxygen atoms in total. The van der Waals surface area contributed by atoms with Crippen LogP contribution >= 0.6 is 0 Å². The normalized spacial score (nSPS) is 17.2. The average molecular weight is 390 g/mol. The summed E-state index contributed by atoms with van der Waals surface area (Å²) in [6.07, 6.45) is 2.51. The lowest BCUT2D eigenvalue weighted by molar-refractivity contribution is -0.150. The number of ether oxygens (including phenoxy) is 2. The van der Waals surface area contributed by atoms with Gasteiger partial charge in [0.15, 0.2) is 0 Å². The smallest absolute Gasteiger partial charge is 0.339 e. The fraction of sp³-hybridized carbons (Fsp3) is 0.280. The Morgan fingerprint density at radius 2 is 1.48 bits per heavy atom. The number of cyclic esters (lactones) is 1. The molecule has 0 unspecified atom stereocenters. The van der Waals surface area contributed by atoms with E-state index >= 15 is 0 Å². The van der Waals surface area contributed by atoms with Crippen molar-refractivity contribution in [2.45, 2.75) is 39.2 Å². The molecule has 0 saturated carbocycles. The molecule has 0 radical (unpaired) electrons. The molecule has 0 aliphatic carbocycles. The second-order valence-electron chi connectivity index (χ2n) is 6.88. The fourth-order valence-electron chi connectivity index (χ4n) is 3.85. The van der Waals surface area contributed by atoms with E-state index in [0.717, 1.165) is 22.3 Å². The summed E-state index contributed by atoms with van der Waals surface area (Å²) in [6, 6.07) is 19.6. The lowest BCUT2D eigenvalue weighted by Gasteiger charge is -2.40. The minimum absolute atomic E-state index is 0.228. The number of benzene rings is 2. The van der Waals surface area contributed by atoms with Crippen molar-refractivity contribution in [3.63, 3.8) is 0 Å². The highest BCUT2D eigenvalue weighted by Gasteiger charge is 2.44. The Balaban J connectivity index is 2.40. The van der Waals surface area contributed by atoms with Crippen LogP contribution in [0.4, 0.5) is 0 Å². The molecule has 1 aliphatic rings. The molecular weight excluding hydrogens is 364 g/mol. The van der Waals surface area contributed by atoms with Gasteiger partial charge in [0.05, 0.1) is 12.2 Å². The number of hydrogen-bond acceptors (Lipinski definition) is 4. The van der Waals surface area contributed by atoms with Crippen LogP contribution in [0.2, 0.25) is 0 Å². The van der Waals surface area contributed by atoms with Gasteiger partial charge in [0.25, 0.3) is 0 Å². The van der Waals surface area contributed by atoms with Crippen LogP contribution in [0.15, 0.2) is 72.3 Å². The first-order valence-corrected chi connectivity index (χ1v) is 10.0. The van der Waals surface area contributed by atoms with Gasteiger partial charge in [-0.2, -0.15) is 0 Å². The quantitative estimate of drug-likeness (QED) is 0.502. The summed E-state index contributed by atoms with van der Waals surface area (Å²) in [7, 11) is 0. The topological polar surface area (TPSA) is 52.6 Å². The summed E-state index contributed by atoms with van der Waals surface area (Å²) in [6.45, 7) is 6.00. The van der Waals surface area contributed by atoms with Crippen LogP contribution in [0.25, 0.3) is 11.1 Å². The molecule has 0 saturated heterocycles. The molecule has 0 bridgehead atoms. The molecule has 0 atom stereocenters. The van der Waals surface area contributed by atoms with Gasteiger partial charge in [0.2, 0.25) is 0 Å². The molecule has 1 heterocycles. The van der Waals surface area contributed by atoms with E-state index < -0.39 is 17.5 Å². The van der Waals surface area contributed by atoms with Crippen LogP contribution < -0.4 is 0 Å². The molecule has 1 aliphatic heterocycles. The van der Waals surface area contributed by atoms with E-state index in [9.17, 15) is 9.59 Å². The van der Waals surface area contributed by atoms with Gasteiger partial charge in [-0.05, 0) is 30.9 Å². The summed E-state index contributed by atoms with van der Waals surface area (Å²) in [5.41, 5.74) is 2.94. The molecule has 0 aromatic heterocycles. The second kappa shape index (κ2) is 8.91. The first-order chi connectivity index (χ1) is 14.1. The number of hydrogen-bond donors (Lipinski definition) is 0. The molecule has 2 aromatic carbocycles. The van der Waals surface area contributed by atoms with Crippen molar-refractivity contribution in [3.05, 3.63) is 83.4 Å². The van der Waals surface area contributed by atoms with Gasteiger partial charge in [-0.3, -0.25) is 0 Å². The Morgan fingerprint density at radius 3 is 2.00 bits per heavy atom. The van der Waals surface area contributed by atoms with E-state index in [0.29, 0.717) is 12.8 Å². The van der Waals surface area contributed by atoms with Crippen LogP contribution in [0, 0.1) is 0 Å². The first kappa shape index (κ1) is 20.6. The van der Waals surface area contributed by atoms with Crippen LogP contribution in [0.3, 0.4) is 0 Å². The first-order valence-electron chi connectivity index (χ1n) is 10.0. The van der Waals surface area contributed by atoms with Crippen molar-refractivity contribution in [2.75, 3.05) is 6.61 Å². The maximum atomic E-state index is 13.1. The number of carbonyl (C=O) groups excluding carboxylic acids is 2. The molecule has 0 spiro atoms. The van der Waals surface area contributed by atoms with E-state index in [1.54, 1.807) is 6.92 Å². The van der Waals surface area contributed by atoms with Gasteiger partial charge < -0.3 is 9.47 Å². The lowest BCUT2D eigenvalue weighted by Crippen LogP contribution is -2.40. The third-order valence-electron chi connectivity index (χ3n) is 5.30. The van der Waals surface area contributed by atoms with Gasteiger partial charge in [-0.15, -0.1) is 0 Å². The molecule has 150 valence electrons. The standard InChI is InChI=1S/C25H26O4/c1-4-25(5-2)23(19-15-11-8-12-16-19)22(18-13-9-7-10-14-18)20(24(27)29-25)17-21(26)28-6-3/h7-17H,4-6H2,1-3H3/b20-17-. The average Bonchev–Trinajstić information content (AvgIpc) is 2.76. The van der Waals surface area contributed by atoms with E-state index in [2.05, 4.69) is 0 Å². The molecule has 0 fully saturated rings. The number of esters is 2. The SMILES string of the molecule is CCOC(=O)/C=C1\C(=O)OC(CC)(CC)C(c2ccccc2)=C1c1ccccc1. The Hall–Kier alpha value is -3.14. The van der Waals surface area contributed by atoms with E-state index in [1.807, 2.05) is 74.5 Å². The third kappa shape index (κ3) is 4.02. The molecule has 29 heavy (non-hydrogen) atoms. The van der Waals surface area contributed by atoms with Crippen molar-refractivity contribution >= 4 is 23.1 Å². The lowest BCUT2D eigenvalue weighted by atomic mass is 9.75. The minimum atomic E-state index is -0.768. The van der Waals surface area contributed by atoms with Crippen molar-refractivity contribution in [2.24, 2.45) is 0 Å². The van der Waals surface area contributed by atoms with Crippen molar-refractivity contribution in [1.29, 1.82) is 0 Å². The van der Waals surface area contributed by atoms with E-state index in [4.69, 9.17) is 9.47 Å². The highest BCUT2D eigenvalue weighted by Crippen LogP contribution is 2.48. The summed E-state index contributed by atoms with van der Waals surface area (Å²) < 4.78 is 11.1. The summed E-state index contributed by atoms with van der Waals surface area (Å²) in [5, 5.41) is 0. The predicted octanol–water partition coefficient (Wildman–Crippen LogP) is 5.20. The Morgan fingerprint density at radius 1 is 0.931 bits per heavy atom. The van der Waals surface area contributed by atoms with Crippen LogP contribution in [0.1, 0.15) is 44.7 Å². The van der Waals surface area contributed by atoms with Crippen LogP contribution in [0.5, 0.6) is 0 Å². The Kier molecular flexibility index (Phi) is 6.32. The van der Waals surface area contributed by atoms with Gasteiger partial charge in [-0.1, -0.05) is 74.5 Å².